The highest BCUT2D eigenvalue weighted by Gasteiger charge is 1.89. The fraction of sp³-hybridized carbons (Fsp3) is 0.250. The average Bonchev–Trinajstić information content (AvgIpc) is 2.19. The Hall–Kier alpha value is -0.870. The summed E-state index contributed by atoms with van der Waals surface area (Å²) in [7, 11) is 0. The number of nitrogens with one attached hydrogen (secondary N) is 1. The van der Waals surface area contributed by atoms with Crippen molar-refractivity contribution < 1.29 is 10.1 Å². The van der Waals surface area contributed by atoms with E-state index in [0.29, 0.717) is 0 Å². The van der Waals surface area contributed by atoms with E-state index in [1.54, 1.807) is 12.4 Å². The first-order valence-corrected chi connectivity index (χ1v) is 2.17. The van der Waals surface area contributed by atoms with Gasteiger partial charge in [-0.25, -0.2) is 4.89 Å². The summed E-state index contributed by atoms with van der Waals surface area (Å²) in [6.45, 7) is 0.191. The summed E-state index contributed by atoms with van der Waals surface area (Å²) in [6.07, 6.45) is 3.23. The third kappa shape index (κ3) is 1.05. The molecule has 8 heavy (non-hydrogen) atoms. The Kier molecular flexibility index (Phi) is 1.61. The maximum atomic E-state index is 7.90. The summed E-state index contributed by atoms with van der Waals surface area (Å²) in [4.78, 5) is 3.83. The maximum absolute atomic E-state index is 7.90. The van der Waals surface area contributed by atoms with Gasteiger partial charge in [0.25, 0.3) is 0 Å². The second-order valence-electron chi connectivity index (χ2n) is 1.38. The highest BCUT2D eigenvalue weighted by Crippen LogP contribution is 1.92. The van der Waals surface area contributed by atoms with Gasteiger partial charge in [-0.2, -0.15) is 5.10 Å². The topological polar surface area (TPSA) is 58.1 Å². The lowest BCUT2D eigenvalue weighted by atomic mass is 10.4. The lowest BCUT2D eigenvalue weighted by molar-refractivity contribution is -0.253. The molecule has 44 valence electrons. The molecule has 0 aliphatic rings. The number of H-pyrrole nitrogens is 1. The highest BCUT2D eigenvalue weighted by atomic mass is 17.1. The van der Waals surface area contributed by atoms with E-state index in [0.717, 1.165) is 5.56 Å². The molecule has 0 aliphatic carbocycles. The molecule has 1 rings (SSSR count). The van der Waals surface area contributed by atoms with Crippen molar-refractivity contribution in [1.29, 1.82) is 0 Å². The van der Waals surface area contributed by atoms with Gasteiger partial charge in [0.1, 0.15) is 6.61 Å². The molecule has 0 atom stereocenters. The zero-order chi connectivity index (χ0) is 5.82. The smallest absolute Gasteiger partial charge is 0.110 e. The summed E-state index contributed by atoms with van der Waals surface area (Å²) >= 11 is 0. The standard InChI is InChI=1S/C4H6N2O2/c7-8-3-4-1-5-6-2-4/h1-2,7H,3H2,(H,5,6). The van der Waals surface area contributed by atoms with Crippen LogP contribution in [0.1, 0.15) is 5.56 Å². The Morgan fingerprint density at radius 2 is 2.75 bits per heavy atom. The lowest BCUT2D eigenvalue weighted by Crippen LogP contribution is -1.82. The highest BCUT2D eigenvalue weighted by molar-refractivity contribution is 4.99. The van der Waals surface area contributed by atoms with E-state index in [1.165, 1.54) is 0 Å². The van der Waals surface area contributed by atoms with Crippen molar-refractivity contribution in [3.8, 4) is 0 Å². The zero-order valence-electron chi connectivity index (χ0n) is 4.16. The molecule has 0 aliphatic heterocycles. The van der Waals surface area contributed by atoms with Crippen LogP contribution in [0, 0.1) is 0 Å². The Bertz CT molecular complexity index is 138. The van der Waals surface area contributed by atoms with E-state index >= 15 is 0 Å². The number of hydrogen-bond acceptors (Lipinski definition) is 3. The van der Waals surface area contributed by atoms with Gasteiger partial charge in [-0.15, -0.1) is 0 Å². The molecule has 1 aromatic rings. The van der Waals surface area contributed by atoms with Gasteiger partial charge in [-0.3, -0.25) is 10.4 Å². The van der Waals surface area contributed by atoms with Crippen molar-refractivity contribution in [2.75, 3.05) is 0 Å². The van der Waals surface area contributed by atoms with Crippen LogP contribution in [0.2, 0.25) is 0 Å². The van der Waals surface area contributed by atoms with E-state index in [9.17, 15) is 0 Å². The van der Waals surface area contributed by atoms with Crippen molar-refractivity contribution in [2.24, 2.45) is 0 Å². The molecular weight excluding hydrogens is 108 g/mol. The lowest BCUT2D eigenvalue weighted by Gasteiger charge is -1.85. The van der Waals surface area contributed by atoms with Crippen LogP contribution in [0.15, 0.2) is 12.4 Å². The van der Waals surface area contributed by atoms with E-state index in [-0.39, 0.29) is 6.61 Å². The molecule has 0 aromatic carbocycles. The van der Waals surface area contributed by atoms with Crippen LogP contribution in [-0.2, 0) is 11.5 Å². The predicted octanol–water partition coefficient (Wildman–Crippen LogP) is 0.399. The van der Waals surface area contributed by atoms with E-state index in [1.807, 2.05) is 0 Å². The van der Waals surface area contributed by atoms with E-state index in [4.69, 9.17) is 5.26 Å². The zero-order valence-corrected chi connectivity index (χ0v) is 4.16. The maximum Gasteiger partial charge on any atom is 0.110 e. The van der Waals surface area contributed by atoms with E-state index in [2.05, 4.69) is 15.1 Å². The molecule has 0 unspecified atom stereocenters. The Morgan fingerprint density at radius 1 is 1.88 bits per heavy atom. The minimum absolute atomic E-state index is 0.191. The molecule has 1 heterocycles. The van der Waals surface area contributed by atoms with Crippen molar-refractivity contribution in [2.45, 2.75) is 6.61 Å². The second kappa shape index (κ2) is 2.44. The third-order valence-corrected chi connectivity index (χ3v) is 0.786. The number of rotatable bonds is 2. The third-order valence-electron chi connectivity index (χ3n) is 0.786. The van der Waals surface area contributed by atoms with Crippen LogP contribution >= 0.6 is 0 Å². The molecule has 0 bridgehead atoms. The van der Waals surface area contributed by atoms with Gasteiger partial charge in [0.05, 0.1) is 6.20 Å². The normalized spacial score (nSPS) is 9.62. The fourth-order valence-electron chi connectivity index (χ4n) is 0.431. The summed E-state index contributed by atoms with van der Waals surface area (Å²) < 4.78 is 0. The molecule has 0 spiro atoms. The van der Waals surface area contributed by atoms with Crippen LogP contribution < -0.4 is 0 Å². The minimum atomic E-state index is 0.191. The van der Waals surface area contributed by atoms with Crippen LogP contribution in [0.5, 0.6) is 0 Å². The first kappa shape index (κ1) is 5.27. The molecule has 0 saturated heterocycles. The number of nitrogens with zero attached hydrogens (tertiary/aromatic N) is 1. The number of hydrogen-bond donors (Lipinski definition) is 2. The van der Waals surface area contributed by atoms with Crippen LogP contribution in [0.3, 0.4) is 0 Å². The van der Waals surface area contributed by atoms with E-state index < -0.39 is 0 Å². The molecule has 0 saturated carbocycles. The van der Waals surface area contributed by atoms with Crippen LogP contribution in [0.4, 0.5) is 0 Å². The van der Waals surface area contributed by atoms with Crippen molar-refractivity contribution >= 4 is 0 Å². The molecule has 4 nitrogen and oxygen atoms in total. The SMILES string of the molecule is OOCc1cn[nH]c1. The quantitative estimate of drug-likeness (QED) is 0.432. The largest absolute Gasteiger partial charge is 0.285 e. The average molecular weight is 114 g/mol. The van der Waals surface area contributed by atoms with Gasteiger partial charge < -0.3 is 0 Å². The predicted molar refractivity (Wildman–Crippen MR) is 26.0 cm³/mol. The van der Waals surface area contributed by atoms with Gasteiger partial charge in [-0.05, 0) is 0 Å². The molecule has 2 N–H and O–H groups in total. The fourth-order valence-corrected chi connectivity index (χ4v) is 0.431. The van der Waals surface area contributed by atoms with Crippen LogP contribution in [-0.4, -0.2) is 15.5 Å². The molecular formula is C4H6N2O2. The Balaban J connectivity index is 2.50. The summed E-state index contributed by atoms with van der Waals surface area (Å²) in [5.41, 5.74) is 0.826. The molecule has 4 heteroatoms. The molecule has 1 aromatic heterocycles. The molecule has 0 fully saturated rings. The van der Waals surface area contributed by atoms with Crippen molar-refractivity contribution in [1.82, 2.24) is 10.2 Å². The van der Waals surface area contributed by atoms with Gasteiger partial charge in [0, 0.05) is 11.8 Å². The Morgan fingerprint density at radius 3 is 3.25 bits per heavy atom. The Labute approximate surface area is 46.0 Å². The van der Waals surface area contributed by atoms with Crippen molar-refractivity contribution in [3.05, 3.63) is 18.0 Å². The minimum Gasteiger partial charge on any atom is -0.285 e. The van der Waals surface area contributed by atoms with Crippen molar-refractivity contribution in [3.63, 3.8) is 0 Å². The molecule has 0 amide bonds. The summed E-state index contributed by atoms with van der Waals surface area (Å²) in [5.74, 6) is 0. The summed E-state index contributed by atoms with van der Waals surface area (Å²) in [5, 5.41) is 14.1. The summed E-state index contributed by atoms with van der Waals surface area (Å²) in [6, 6.07) is 0. The molecule has 0 radical (unpaired) electrons. The second-order valence-corrected chi connectivity index (χ2v) is 1.38. The first-order valence-electron chi connectivity index (χ1n) is 2.17. The van der Waals surface area contributed by atoms with Gasteiger partial charge >= 0.3 is 0 Å². The number of aromatic nitrogens is 2. The van der Waals surface area contributed by atoms with Gasteiger partial charge in [-0.1, -0.05) is 0 Å². The van der Waals surface area contributed by atoms with Crippen LogP contribution in [0.25, 0.3) is 0 Å². The van der Waals surface area contributed by atoms with Gasteiger partial charge in [0.2, 0.25) is 0 Å². The monoisotopic (exact) mass is 114 g/mol. The number of aromatic amines is 1. The van der Waals surface area contributed by atoms with Gasteiger partial charge in [0.15, 0.2) is 0 Å². The first-order chi connectivity index (χ1) is 3.93.